The molecular weight excluding hydrogens is 307 g/mol. The number of carbonyl (C=O) groups is 1. The number of benzene rings is 2. The van der Waals surface area contributed by atoms with Crippen molar-refractivity contribution in [3.05, 3.63) is 59.7 Å². The zero-order valence-electron chi connectivity index (χ0n) is 12.7. The SMILES string of the molecule is CN(C)c1cccc(C(=O)COc2cccc(C(F)(F)F)c2)c1. The maximum absolute atomic E-state index is 12.6. The van der Waals surface area contributed by atoms with E-state index in [-0.39, 0.29) is 18.1 Å². The maximum atomic E-state index is 12.6. The monoisotopic (exact) mass is 323 g/mol. The lowest BCUT2D eigenvalue weighted by molar-refractivity contribution is -0.137. The average Bonchev–Trinajstić information content (AvgIpc) is 2.52. The number of alkyl halides is 3. The molecule has 23 heavy (non-hydrogen) atoms. The van der Waals surface area contributed by atoms with Gasteiger partial charge in [0.15, 0.2) is 12.4 Å². The van der Waals surface area contributed by atoms with Crippen LogP contribution in [0.3, 0.4) is 0 Å². The van der Waals surface area contributed by atoms with Crippen molar-refractivity contribution in [2.45, 2.75) is 6.18 Å². The van der Waals surface area contributed by atoms with Crippen LogP contribution in [0.5, 0.6) is 5.75 Å². The molecule has 3 nitrogen and oxygen atoms in total. The van der Waals surface area contributed by atoms with Crippen LogP contribution >= 0.6 is 0 Å². The van der Waals surface area contributed by atoms with Crippen LogP contribution in [0.4, 0.5) is 18.9 Å². The molecule has 0 saturated carbocycles. The fraction of sp³-hybridized carbons (Fsp3) is 0.235. The normalized spacial score (nSPS) is 11.2. The van der Waals surface area contributed by atoms with E-state index in [1.165, 1.54) is 12.1 Å². The third-order valence-corrected chi connectivity index (χ3v) is 3.22. The van der Waals surface area contributed by atoms with Crippen molar-refractivity contribution >= 4 is 11.5 Å². The summed E-state index contributed by atoms with van der Waals surface area (Å²) in [5.74, 6) is -0.289. The summed E-state index contributed by atoms with van der Waals surface area (Å²) in [6.07, 6.45) is -4.44. The van der Waals surface area contributed by atoms with Crippen LogP contribution in [-0.4, -0.2) is 26.5 Å². The second-order valence-corrected chi connectivity index (χ2v) is 5.18. The van der Waals surface area contributed by atoms with Gasteiger partial charge in [0.25, 0.3) is 0 Å². The van der Waals surface area contributed by atoms with Gasteiger partial charge < -0.3 is 9.64 Å². The molecule has 2 aromatic carbocycles. The van der Waals surface area contributed by atoms with Gasteiger partial charge in [0, 0.05) is 25.3 Å². The molecule has 0 N–H and O–H groups in total. The summed E-state index contributed by atoms with van der Waals surface area (Å²) in [7, 11) is 3.70. The topological polar surface area (TPSA) is 29.5 Å². The van der Waals surface area contributed by atoms with Crippen molar-refractivity contribution in [3.8, 4) is 5.75 Å². The van der Waals surface area contributed by atoms with E-state index in [1.807, 2.05) is 25.1 Å². The molecule has 0 aliphatic carbocycles. The number of hydrogen-bond donors (Lipinski definition) is 0. The molecule has 0 fully saturated rings. The van der Waals surface area contributed by atoms with Crippen LogP contribution in [0.25, 0.3) is 0 Å². The first kappa shape index (κ1) is 16.9. The molecule has 122 valence electrons. The van der Waals surface area contributed by atoms with E-state index in [2.05, 4.69) is 0 Å². The summed E-state index contributed by atoms with van der Waals surface area (Å²) in [5.41, 5.74) is 0.496. The van der Waals surface area contributed by atoms with Crippen molar-refractivity contribution in [1.82, 2.24) is 0 Å². The van der Waals surface area contributed by atoms with Gasteiger partial charge in [0.1, 0.15) is 5.75 Å². The summed E-state index contributed by atoms with van der Waals surface area (Å²) >= 11 is 0. The average molecular weight is 323 g/mol. The molecule has 0 radical (unpaired) electrons. The Hall–Kier alpha value is -2.50. The first-order chi connectivity index (χ1) is 10.8. The van der Waals surface area contributed by atoms with Gasteiger partial charge in [-0.3, -0.25) is 4.79 Å². The Kier molecular flexibility index (Phi) is 4.93. The first-order valence-electron chi connectivity index (χ1n) is 6.88. The largest absolute Gasteiger partial charge is 0.485 e. The molecule has 0 aromatic heterocycles. The molecule has 0 spiro atoms. The van der Waals surface area contributed by atoms with Gasteiger partial charge >= 0.3 is 6.18 Å². The zero-order valence-corrected chi connectivity index (χ0v) is 12.7. The predicted octanol–water partition coefficient (Wildman–Crippen LogP) is 4.03. The van der Waals surface area contributed by atoms with Crippen molar-refractivity contribution in [2.24, 2.45) is 0 Å². The van der Waals surface area contributed by atoms with E-state index in [0.717, 1.165) is 17.8 Å². The van der Waals surface area contributed by atoms with Crippen molar-refractivity contribution < 1.29 is 22.7 Å². The lowest BCUT2D eigenvalue weighted by Crippen LogP contribution is -2.14. The highest BCUT2D eigenvalue weighted by atomic mass is 19.4. The molecule has 0 atom stereocenters. The summed E-state index contributed by atoms with van der Waals surface area (Å²) in [4.78, 5) is 14.0. The molecule has 0 heterocycles. The molecule has 2 aromatic rings. The predicted molar refractivity (Wildman–Crippen MR) is 82.0 cm³/mol. The number of carbonyl (C=O) groups excluding carboxylic acids is 1. The minimum atomic E-state index is -4.44. The van der Waals surface area contributed by atoms with Crippen molar-refractivity contribution in [1.29, 1.82) is 0 Å². The summed E-state index contributed by atoms with van der Waals surface area (Å²) in [5, 5.41) is 0. The summed E-state index contributed by atoms with van der Waals surface area (Å²) < 4.78 is 43.1. The van der Waals surface area contributed by atoms with Crippen LogP contribution in [0.15, 0.2) is 48.5 Å². The molecule has 0 unspecified atom stereocenters. The molecule has 0 saturated heterocycles. The highest BCUT2D eigenvalue weighted by Crippen LogP contribution is 2.31. The third kappa shape index (κ3) is 4.48. The van der Waals surface area contributed by atoms with Gasteiger partial charge in [-0.05, 0) is 30.3 Å². The Bertz CT molecular complexity index is 696. The highest BCUT2D eigenvalue weighted by molar-refractivity contribution is 5.98. The Morgan fingerprint density at radius 3 is 2.43 bits per heavy atom. The summed E-state index contributed by atoms with van der Waals surface area (Å²) in [6.45, 7) is -0.321. The van der Waals surface area contributed by atoms with E-state index in [4.69, 9.17) is 4.74 Å². The smallest absolute Gasteiger partial charge is 0.416 e. The quantitative estimate of drug-likeness (QED) is 0.778. The lowest BCUT2D eigenvalue weighted by atomic mass is 10.1. The van der Waals surface area contributed by atoms with Crippen LogP contribution in [0, 0.1) is 0 Å². The van der Waals surface area contributed by atoms with Gasteiger partial charge in [-0.25, -0.2) is 0 Å². The Labute approximate surface area is 132 Å². The molecule has 0 aliphatic rings. The Morgan fingerprint density at radius 2 is 1.78 bits per heavy atom. The fourth-order valence-electron chi connectivity index (χ4n) is 1.95. The second kappa shape index (κ2) is 6.73. The Balaban J connectivity index is 2.06. The number of Topliss-reactive ketones (excluding diaryl/α,β-unsaturated/α-hetero) is 1. The maximum Gasteiger partial charge on any atom is 0.416 e. The fourth-order valence-corrected chi connectivity index (χ4v) is 1.95. The number of ether oxygens (including phenoxy) is 1. The number of halogens is 3. The number of hydrogen-bond acceptors (Lipinski definition) is 3. The molecule has 0 amide bonds. The van der Waals surface area contributed by atoms with Crippen LogP contribution in [-0.2, 0) is 6.18 Å². The molecule has 0 bridgehead atoms. The van der Waals surface area contributed by atoms with E-state index < -0.39 is 11.7 Å². The molecular formula is C17H16F3NO2. The minimum Gasteiger partial charge on any atom is -0.485 e. The van der Waals surface area contributed by atoms with Gasteiger partial charge in [0.2, 0.25) is 0 Å². The minimum absolute atomic E-state index is 0.0111. The highest BCUT2D eigenvalue weighted by Gasteiger charge is 2.30. The molecule has 6 heteroatoms. The zero-order chi connectivity index (χ0) is 17.0. The van der Waals surface area contributed by atoms with E-state index in [1.54, 1.807) is 18.2 Å². The molecule has 0 aliphatic heterocycles. The third-order valence-electron chi connectivity index (χ3n) is 3.22. The van der Waals surface area contributed by atoms with Crippen molar-refractivity contribution in [3.63, 3.8) is 0 Å². The van der Waals surface area contributed by atoms with E-state index in [0.29, 0.717) is 5.56 Å². The van der Waals surface area contributed by atoms with Gasteiger partial charge in [-0.2, -0.15) is 13.2 Å². The van der Waals surface area contributed by atoms with Crippen LogP contribution in [0.1, 0.15) is 15.9 Å². The summed E-state index contributed by atoms with van der Waals surface area (Å²) in [6, 6.07) is 11.4. The molecule has 2 rings (SSSR count). The van der Waals surface area contributed by atoms with Crippen LogP contribution < -0.4 is 9.64 Å². The Morgan fingerprint density at radius 1 is 1.09 bits per heavy atom. The standard InChI is InChI=1S/C17H16F3NO2/c1-21(2)14-7-3-5-12(9-14)16(22)11-23-15-8-4-6-13(10-15)17(18,19)20/h3-10H,11H2,1-2H3. The number of anilines is 1. The van der Waals surface area contributed by atoms with E-state index >= 15 is 0 Å². The number of nitrogens with zero attached hydrogens (tertiary/aromatic N) is 1. The van der Waals surface area contributed by atoms with E-state index in [9.17, 15) is 18.0 Å². The number of ketones is 1. The van der Waals surface area contributed by atoms with Gasteiger partial charge in [0.05, 0.1) is 5.56 Å². The lowest BCUT2D eigenvalue weighted by Gasteiger charge is -2.13. The van der Waals surface area contributed by atoms with Gasteiger partial charge in [-0.1, -0.05) is 18.2 Å². The van der Waals surface area contributed by atoms with Crippen molar-refractivity contribution in [2.75, 3.05) is 25.6 Å². The second-order valence-electron chi connectivity index (χ2n) is 5.18. The number of rotatable bonds is 5. The van der Waals surface area contributed by atoms with Gasteiger partial charge in [-0.15, -0.1) is 0 Å². The first-order valence-corrected chi connectivity index (χ1v) is 6.88. The van der Waals surface area contributed by atoms with Crippen LogP contribution in [0.2, 0.25) is 0 Å².